The Balaban J connectivity index is 3.34. The van der Waals surface area contributed by atoms with Crippen LogP contribution >= 0.6 is 0 Å². The number of unbranched alkanes of at least 4 members (excludes halogenated alkanes) is 7. The van der Waals surface area contributed by atoms with E-state index in [9.17, 15) is 9.59 Å². The third kappa shape index (κ3) is 16.2. The van der Waals surface area contributed by atoms with Gasteiger partial charge in [-0.2, -0.15) is 0 Å². The summed E-state index contributed by atoms with van der Waals surface area (Å²) in [5.41, 5.74) is 0. The van der Waals surface area contributed by atoms with E-state index in [0.717, 1.165) is 18.8 Å². The minimum Gasteiger partial charge on any atom is -0.481 e. The van der Waals surface area contributed by atoms with Gasteiger partial charge in [0, 0.05) is 6.42 Å². The van der Waals surface area contributed by atoms with E-state index >= 15 is 0 Å². The summed E-state index contributed by atoms with van der Waals surface area (Å²) in [6.07, 6.45) is 13.4. The van der Waals surface area contributed by atoms with Gasteiger partial charge in [-0.25, -0.2) is 0 Å². The molecule has 4 nitrogen and oxygen atoms in total. The van der Waals surface area contributed by atoms with E-state index in [1.54, 1.807) is 0 Å². The fourth-order valence-corrected chi connectivity index (χ4v) is 2.97. The molecular formula is C21H40O4. The first-order chi connectivity index (χ1) is 12.0. The summed E-state index contributed by atoms with van der Waals surface area (Å²) in [6.45, 7) is 6.93. The number of carboxylic acids is 1. The lowest BCUT2D eigenvalue weighted by Crippen LogP contribution is -2.13. The van der Waals surface area contributed by atoms with E-state index in [1.165, 1.54) is 44.9 Å². The molecule has 0 aliphatic carbocycles. The molecule has 0 aromatic rings. The van der Waals surface area contributed by atoms with Gasteiger partial charge < -0.3 is 9.84 Å². The highest BCUT2D eigenvalue weighted by Crippen LogP contribution is 2.14. The highest BCUT2D eigenvalue weighted by Gasteiger charge is 2.15. The minimum atomic E-state index is -0.768. The zero-order chi connectivity index (χ0) is 18.9. The first kappa shape index (κ1) is 23.9. The quantitative estimate of drug-likeness (QED) is 0.257. The fourth-order valence-electron chi connectivity index (χ4n) is 2.97. The molecule has 0 amide bonds. The van der Waals surface area contributed by atoms with Crippen LogP contribution in [0.3, 0.4) is 0 Å². The number of carbonyl (C=O) groups is 2. The lowest BCUT2D eigenvalue weighted by atomic mass is 10.00. The van der Waals surface area contributed by atoms with Crippen LogP contribution in [0.5, 0.6) is 0 Å². The van der Waals surface area contributed by atoms with Crippen molar-refractivity contribution in [3.63, 3.8) is 0 Å². The summed E-state index contributed by atoms with van der Waals surface area (Å²) in [5.74, 6) is -0.465. The molecule has 1 N–H and O–H groups in total. The average Bonchev–Trinajstić information content (AvgIpc) is 2.55. The third-order valence-electron chi connectivity index (χ3n) is 4.71. The molecule has 1 unspecified atom stereocenters. The Hall–Kier alpha value is -1.06. The molecule has 0 bridgehead atoms. The standard InChI is InChI=1S/C21H40O4/c1-4-19(21(23)24)15-13-16-20(22)25-17-12-10-8-6-5-7-9-11-14-18(2)3/h18-19H,4-17H2,1-3H3,(H,23,24). The second-order valence-corrected chi connectivity index (χ2v) is 7.57. The van der Waals surface area contributed by atoms with Crippen LogP contribution in [0.2, 0.25) is 0 Å². The van der Waals surface area contributed by atoms with E-state index in [-0.39, 0.29) is 11.9 Å². The van der Waals surface area contributed by atoms with E-state index in [4.69, 9.17) is 9.84 Å². The summed E-state index contributed by atoms with van der Waals surface area (Å²) in [7, 11) is 0. The fraction of sp³-hybridized carbons (Fsp3) is 0.905. The van der Waals surface area contributed by atoms with Crippen molar-refractivity contribution in [2.24, 2.45) is 11.8 Å². The molecule has 1 atom stereocenters. The Labute approximate surface area is 154 Å². The largest absolute Gasteiger partial charge is 0.481 e. The van der Waals surface area contributed by atoms with Crippen LogP contribution < -0.4 is 0 Å². The van der Waals surface area contributed by atoms with Crippen LogP contribution in [0.25, 0.3) is 0 Å². The topological polar surface area (TPSA) is 63.6 Å². The van der Waals surface area contributed by atoms with Gasteiger partial charge in [0.25, 0.3) is 0 Å². The predicted molar refractivity (Wildman–Crippen MR) is 103 cm³/mol. The van der Waals surface area contributed by atoms with Crippen molar-refractivity contribution < 1.29 is 19.4 Å². The van der Waals surface area contributed by atoms with Gasteiger partial charge in [0.2, 0.25) is 0 Å². The maximum absolute atomic E-state index is 11.6. The Morgan fingerprint density at radius 1 is 0.840 bits per heavy atom. The van der Waals surface area contributed by atoms with Crippen molar-refractivity contribution in [2.45, 2.75) is 104 Å². The SMILES string of the molecule is CCC(CCCC(=O)OCCCCCCCCCCC(C)C)C(=O)O. The summed E-state index contributed by atoms with van der Waals surface area (Å²) in [5, 5.41) is 8.95. The van der Waals surface area contributed by atoms with Crippen molar-refractivity contribution in [3.05, 3.63) is 0 Å². The Morgan fingerprint density at radius 2 is 1.40 bits per heavy atom. The molecule has 148 valence electrons. The molecule has 0 heterocycles. The van der Waals surface area contributed by atoms with Crippen molar-refractivity contribution in [1.29, 1.82) is 0 Å². The third-order valence-corrected chi connectivity index (χ3v) is 4.71. The van der Waals surface area contributed by atoms with Crippen LogP contribution in [0.1, 0.15) is 104 Å². The zero-order valence-electron chi connectivity index (χ0n) is 16.7. The normalized spacial score (nSPS) is 12.3. The molecule has 4 heteroatoms. The first-order valence-corrected chi connectivity index (χ1v) is 10.4. The smallest absolute Gasteiger partial charge is 0.306 e. The van der Waals surface area contributed by atoms with Gasteiger partial charge in [-0.3, -0.25) is 9.59 Å². The lowest BCUT2D eigenvalue weighted by molar-refractivity contribution is -0.145. The number of carboxylic acid groups (broad SMARTS) is 1. The molecule has 25 heavy (non-hydrogen) atoms. The molecule has 0 aliphatic rings. The summed E-state index contributed by atoms with van der Waals surface area (Å²) >= 11 is 0. The Bertz CT molecular complexity index is 339. The number of carbonyl (C=O) groups excluding carboxylic acids is 1. The van der Waals surface area contributed by atoms with Crippen LogP contribution in [-0.4, -0.2) is 23.7 Å². The molecular weight excluding hydrogens is 316 g/mol. The zero-order valence-corrected chi connectivity index (χ0v) is 16.7. The van der Waals surface area contributed by atoms with Gasteiger partial charge in [0.15, 0.2) is 0 Å². The molecule has 0 radical (unpaired) electrons. The predicted octanol–water partition coefficient (Wildman–Crippen LogP) is 5.98. The number of aliphatic carboxylic acids is 1. The maximum Gasteiger partial charge on any atom is 0.306 e. The van der Waals surface area contributed by atoms with Gasteiger partial charge in [-0.15, -0.1) is 0 Å². The van der Waals surface area contributed by atoms with E-state index < -0.39 is 5.97 Å². The lowest BCUT2D eigenvalue weighted by Gasteiger charge is -2.09. The van der Waals surface area contributed by atoms with Gasteiger partial charge in [0.1, 0.15) is 0 Å². The van der Waals surface area contributed by atoms with Crippen LogP contribution in [0, 0.1) is 11.8 Å². The van der Waals surface area contributed by atoms with Crippen LogP contribution in [-0.2, 0) is 14.3 Å². The van der Waals surface area contributed by atoms with Crippen molar-refractivity contribution in [1.82, 2.24) is 0 Å². The second-order valence-electron chi connectivity index (χ2n) is 7.57. The summed E-state index contributed by atoms with van der Waals surface area (Å²) in [6, 6.07) is 0. The molecule has 0 saturated heterocycles. The molecule has 0 spiro atoms. The Kier molecular flexibility index (Phi) is 15.7. The molecule has 0 aromatic carbocycles. The Morgan fingerprint density at radius 3 is 1.92 bits per heavy atom. The number of ether oxygens (including phenoxy) is 1. The van der Waals surface area contributed by atoms with Gasteiger partial charge in [-0.1, -0.05) is 72.1 Å². The van der Waals surface area contributed by atoms with Crippen LogP contribution in [0.4, 0.5) is 0 Å². The van der Waals surface area contributed by atoms with E-state index in [2.05, 4.69) is 13.8 Å². The summed E-state index contributed by atoms with van der Waals surface area (Å²) < 4.78 is 5.21. The molecule has 0 fully saturated rings. The van der Waals surface area contributed by atoms with E-state index in [0.29, 0.717) is 32.3 Å². The average molecular weight is 357 g/mol. The highest BCUT2D eigenvalue weighted by atomic mass is 16.5. The first-order valence-electron chi connectivity index (χ1n) is 10.4. The van der Waals surface area contributed by atoms with Crippen molar-refractivity contribution in [3.8, 4) is 0 Å². The van der Waals surface area contributed by atoms with Crippen LogP contribution in [0.15, 0.2) is 0 Å². The molecule has 0 rings (SSSR count). The van der Waals surface area contributed by atoms with Crippen molar-refractivity contribution >= 4 is 11.9 Å². The number of rotatable bonds is 17. The second kappa shape index (κ2) is 16.4. The summed E-state index contributed by atoms with van der Waals surface area (Å²) in [4.78, 5) is 22.5. The van der Waals surface area contributed by atoms with E-state index in [1.807, 2.05) is 6.92 Å². The molecule has 0 saturated carbocycles. The minimum absolute atomic E-state index is 0.189. The monoisotopic (exact) mass is 356 g/mol. The van der Waals surface area contributed by atoms with Crippen molar-refractivity contribution in [2.75, 3.05) is 6.61 Å². The number of esters is 1. The van der Waals surface area contributed by atoms with Gasteiger partial charge in [-0.05, 0) is 31.6 Å². The van der Waals surface area contributed by atoms with Gasteiger partial charge >= 0.3 is 11.9 Å². The number of hydrogen-bond acceptors (Lipinski definition) is 3. The molecule has 0 aromatic heterocycles. The van der Waals surface area contributed by atoms with Gasteiger partial charge in [0.05, 0.1) is 12.5 Å². The maximum atomic E-state index is 11.6. The highest BCUT2D eigenvalue weighted by molar-refractivity contribution is 5.71. The number of hydrogen-bond donors (Lipinski definition) is 1. The molecule has 0 aliphatic heterocycles.